The number of nitrogens with two attached hydrogens (primary N) is 1. The van der Waals surface area contributed by atoms with Crippen LogP contribution in [0.4, 0.5) is 11.4 Å². The minimum absolute atomic E-state index is 0.159. The number of nitrogens with zero attached hydrogens (tertiary/aromatic N) is 1. The molecule has 1 saturated heterocycles. The van der Waals surface area contributed by atoms with Crippen LogP contribution >= 0.6 is 0 Å². The van der Waals surface area contributed by atoms with Gasteiger partial charge in [0.05, 0.1) is 22.4 Å². The Labute approximate surface area is 126 Å². The Morgan fingerprint density at radius 3 is 2.90 bits per heavy atom. The Morgan fingerprint density at radius 2 is 2.24 bits per heavy atom. The van der Waals surface area contributed by atoms with E-state index in [4.69, 9.17) is 10.5 Å². The summed E-state index contributed by atoms with van der Waals surface area (Å²) in [4.78, 5) is 2.34. The number of piperidine rings is 1. The van der Waals surface area contributed by atoms with Crippen LogP contribution in [0.1, 0.15) is 19.8 Å². The molecule has 7 heteroatoms. The standard InChI is InChI=1S/C14H23N3O3S/c1-3-16-21(18,19)12-6-7-13(15)14(9-12)17-8-4-5-11(10-17)20-2/h6-7,9,11,16H,3-5,8,10,15H2,1-2H3. The van der Waals surface area contributed by atoms with Crippen molar-refractivity contribution < 1.29 is 13.2 Å². The number of ether oxygens (including phenoxy) is 1. The first-order chi connectivity index (χ1) is 9.97. The number of sulfonamides is 1. The quantitative estimate of drug-likeness (QED) is 0.798. The molecule has 0 radical (unpaired) electrons. The van der Waals surface area contributed by atoms with E-state index in [1.165, 1.54) is 6.07 Å². The second-order valence-corrected chi connectivity index (χ2v) is 6.93. The molecule has 21 heavy (non-hydrogen) atoms. The first kappa shape index (κ1) is 16.1. The molecule has 2 rings (SSSR count). The van der Waals surface area contributed by atoms with Crippen LogP contribution < -0.4 is 15.4 Å². The van der Waals surface area contributed by atoms with Crippen molar-refractivity contribution in [1.29, 1.82) is 0 Å². The topological polar surface area (TPSA) is 84.7 Å². The third-order valence-corrected chi connectivity index (χ3v) is 5.24. The summed E-state index contributed by atoms with van der Waals surface area (Å²) in [6.45, 7) is 3.70. The fourth-order valence-corrected chi connectivity index (χ4v) is 3.65. The maximum atomic E-state index is 12.1. The zero-order valence-electron chi connectivity index (χ0n) is 12.5. The average Bonchev–Trinajstić information content (AvgIpc) is 2.47. The summed E-state index contributed by atoms with van der Waals surface area (Å²) in [5, 5.41) is 0. The van der Waals surface area contributed by atoms with Crippen LogP contribution in [0.25, 0.3) is 0 Å². The fraction of sp³-hybridized carbons (Fsp3) is 0.571. The fourth-order valence-electron chi connectivity index (χ4n) is 2.59. The predicted molar refractivity (Wildman–Crippen MR) is 84.0 cm³/mol. The molecule has 1 atom stereocenters. The molecule has 1 unspecified atom stereocenters. The van der Waals surface area contributed by atoms with Gasteiger partial charge in [0.15, 0.2) is 0 Å². The number of hydrogen-bond donors (Lipinski definition) is 2. The van der Waals surface area contributed by atoms with Gasteiger partial charge in [-0.15, -0.1) is 0 Å². The minimum Gasteiger partial charge on any atom is -0.397 e. The Morgan fingerprint density at radius 1 is 1.48 bits per heavy atom. The molecule has 1 aliphatic heterocycles. The van der Waals surface area contributed by atoms with Gasteiger partial charge in [-0.25, -0.2) is 13.1 Å². The molecule has 0 aromatic heterocycles. The summed E-state index contributed by atoms with van der Waals surface area (Å²) < 4.78 is 32.1. The summed E-state index contributed by atoms with van der Waals surface area (Å²) >= 11 is 0. The SMILES string of the molecule is CCNS(=O)(=O)c1ccc(N)c(N2CCCC(OC)C2)c1. The van der Waals surface area contributed by atoms with Crippen molar-refractivity contribution >= 4 is 21.4 Å². The molecular formula is C14H23N3O3S. The zero-order chi connectivity index (χ0) is 15.5. The number of benzene rings is 1. The number of nitrogen functional groups attached to an aromatic ring is 1. The van der Waals surface area contributed by atoms with Crippen molar-refractivity contribution in [3.8, 4) is 0 Å². The van der Waals surface area contributed by atoms with Gasteiger partial charge >= 0.3 is 0 Å². The largest absolute Gasteiger partial charge is 0.397 e. The third-order valence-electron chi connectivity index (χ3n) is 3.70. The van der Waals surface area contributed by atoms with E-state index in [2.05, 4.69) is 9.62 Å². The summed E-state index contributed by atoms with van der Waals surface area (Å²) in [6, 6.07) is 4.83. The molecule has 1 heterocycles. The lowest BCUT2D eigenvalue weighted by Gasteiger charge is -2.34. The van der Waals surface area contributed by atoms with Gasteiger partial charge in [0.25, 0.3) is 0 Å². The molecule has 1 aliphatic rings. The van der Waals surface area contributed by atoms with Crippen LogP contribution in [0.2, 0.25) is 0 Å². The molecule has 118 valence electrons. The monoisotopic (exact) mass is 313 g/mol. The molecule has 1 aromatic carbocycles. The summed E-state index contributed by atoms with van der Waals surface area (Å²) in [7, 11) is -1.77. The van der Waals surface area contributed by atoms with Crippen molar-refractivity contribution in [2.45, 2.75) is 30.8 Å². The number of hydrogen-bond acceptors (Lipinski definition) is 5. The van der Waals surface area contributed by atoms with E-state index < -0.39 is 10.0 Å². The molecular weight excluding hydrogens is 290 g/mol. The zero-order valence-corrected chi connectivity index (χ0v) is 13.3. The van der Waals surface area contributed by atoms with E-state index in [1.807, 2.05) is 0 Å². The van der Waals surface area contributed by atoms with Gasteiger partial charge in [-0.3, -0.25) is 0 Å². The van der Waals surface area contributed by atoms with Gasteiger partial charge in [0, 0.05) is 26.7 Å². The maximum Gasteiger partial charge on any atom is 0.240 e. The van der Waals surface area contributed by atoms with Gasteiger partial charge in [0.1, 0.15) is 0 Å². The molecule has 3 N–H and O–H groups in total. The second-order valence-electron chi connectivity index (χ2n) is 5.17. The molecule has 0 spiro atoms. The summed E-state index contributed by atoms with van der Waals surface area (Å²) in [5.41, 5.74) is 7.37. The van der Waals surface area contributed by atoms with Crippen molar-refractivity contribution in [3.05, 3.63) is 18.2 Å². The predicted octanol–water partition coefficient (Wildman–Crippen LogP) is 1.18. The number of anilines is 2. The molecule has 0 bridgehead atoms. The second kappa shape index (κ2) is 6.64. The van der Waals surface area contributed by atoms with Crippen LogP contribution in [-0.2, 0) is 14.8 Å². The highest BCUT2D eigenvalue weighted by Gasteiger charge is 2.23. The van der Waals surface area contributed by atoms with Gasteiger partial charge in [-0.1, -0.05) is 6.92 Å². The summed E-state index contributed by atoms with van der Waals surface area (Å²) in [6.07, 6.45) is 2.18. The van der Waals surface area contributed by atoms with E-state index in [9.17, 15) is 8.42 Å². The third kappa shape index (κ3) is 3.66. The first-order valence-electron chi connectivity index (χ1n) is 7.15. The average molecular weight is 313 g/mol. The number of nitrogens with one attached hydrogen (secondary N) is 1. The Balaban J connectivity index is 2.31. The van der Waals surface area contributed by atoms with E-state index in [1.54, 1.807) is 26.2 Å². The highest BCUT2D eigenvalue weighted by molar-refractivity contribution is 7.89. The maximum absolute atomic E-state index is 12.1. The van der Waals surface area contributed by atoms with Crippen LogP contribution in [0.15, 0.2) is 23.1 Å². The lowest BCUT2D eigenvalue weighted by Crippen LogP contribution is -2.39. The van der Waals surface area contributed by atoms with Gasteiger partial charge in [-0.2, -0.15) is 0 Å². The van der Waals surface area contributed by atoms with Gasteiger partial charge in [-0.05, 0) is 31.0 Å². The Hall–Kier alpha value is -1.31. The van der Waals surface area contributed by atoms with E-state index in [0.29, 0.717) is 12.2 Å². The van der Waals surface area contributed by atoms with Gasteiger partial charge in [0.2, 0.25) is 10.0 Å². The number of methoxy groups -OCH3 is 1. The Bertz CT molecular complexity index is 589. The molecule has 0 amide bonds. The molecule has 1 aromatic rings. The van der Waals surface area contributed by atoms with Crippen LogP contribution in [-0.4, -0.2) is 41.3 Å². The highest BCUT2D eigenvalue weighted by atomic mass is 32.2. The first-order valence-corrected chi connectivity index (χ1v) is 8.63. The minimum atomic E-state index is -3.47. The Kier molecular flexibility index (Phi) is 5.08. The lowest BCUT2D eigenvalue weighted by molar-refractivity contribution is 0.0894. The van der Waals surface area contributed by atoms with Crippen molar-refractivity contribution in [2.24, 2.45) is 0 Å². The molecule has 0 saturated carbocycles. The van der Waals surface area contributed by atoms with Crippen LogP contribution in [0.5, 0.6) is 0 Å². The highest BCUT2D eigenvalue weighted by Crippen LogP contribution is 2.29. The van der Waals surface area contributed by atoms with Gasteiger partial charge < -0.3 is 15.4 Å². The summed E-state index contributed by atoms with van der Waals surface area (Å²) in [5.74, 6) is 0. The molecule has 0 aliphatic carbocycles. The lowest BCUT2D eigenvalue weighted by atomic mass is 10.1. The van der Waals surface area contributed by atoms with E-state index in [-0.39, 0.29) is 11.0 Å². The smallest absolute Gasteiger partial charge is 0.240 e. The molecule has 1 fully saturated rings. The molecule has 6 nitrogen and oxygen atoms in total. The van der Waals surface area contributed by atoms with E-state index >= 15 is 0 Å². The van der Waals surface area contributed by atoms with E-state index in [0.717, 1.165) is 31.6 Å². The van der Waals surface area contributed by atoms with Crippen molar-refractivity contribution in [2.75, 3.05) is 37.4 Å². The van der Waals surface area contributed by atoms with Crippen molar-refractivity contribution in [1.82, 2.24) is 4.72 Å². The van der Waals surface area contributed by atoms with Crippen molar-refractivity contribution in [3.63, 3.8) is 0 Å². The van der Waals surface area contributed by atoms with Crippen LogP contribution in [0, 0.1) is 0 Å². The van der Waals surface area contributed by atoms with Crippen LogP contribution in [0.3, 0.4) is 0 Å². The number of rotatable bonds is 5. The normalized spacial score (nSPS) is 19.7.